The van der Waals surface area contributed by atoms with Gasteiger partial charge in [-0.1, -0.05) is 6.07 Å². The lowest BCUT2D eigenvalue weighted by molar-refractivity contribution is 0.463. The van der Waals surface area contributed by atoms with Gasteiger partial charge in [-0.3, -0.25) is 4.55 Å². The number of rotatable bonds is 2. The molecular weight excluding hydrogens is 294 g/mol. The second-order valence-electron chi connectivity index (χ2n) is 3.83. The van der Waals surface area contributed by atoms with Crippen molar-refractivity contribution >= 4 is 36.7 Å². The largest absolute Gasteiger partial charge is 0.744 e. The van der Waals surface area contributed by atoms with Gasteiger partial charge in [0.15, 0.2) is 0 Å². The van der Waals surface area contributed by atoms with Crippen molar-refractivity contribution in [1.29, 1.82) is 0 Å². The zero-order valence-electron chi connectivity index (χ0n) is 9.27. The second kappa shape index (κ2) is 4.17. The van der Waals surface area contributed by atoms with Gasteiger partial charge in [-0.05, 0) is 35.0 Å². The smallest absolute Gasteiger partial charge is 0.294 e. The lowest BCUT2D eigenvalue weighted by Crippen LogP contribution is -2.04. The van der Waals surface area contributed by atoms with E-state index in [1.54, 1.807) is 0 Å². The van der Waals surface area contributed by atoms with E-state index in [1.807, 2.05) is 0 Å². The molecule has 0 saturated carbocycles. The number of nitrogens with two attached hydrogens (primary N) is 1. The molecular formula is C10H8NO6S2-. The predicted molar refractivity (Wildman–Crippen MR) is 66.1 cm³/mol. The number of nitrogen functional groups attached to an aromatic ring is 1. The molecule has 0 aliphatic rings. The first kappa shape index (κ1) is 13.7. The first-order chi connectivity index (χ1) is 8.59. The molecule has 19 heavy (non-hydrogen) atoms. The van der Waals surface area contributed by atoms with Gasteiger partial charge in [0.05, 0.1) is 9.79 Å². The van der Waals surface area contributed by atoms with Crippen LogP contribution in [0.15, 0.2) is 40.1 Å². The maximum atomic E-state index is 11.1. The number of anilines is 1. The van der Waals surface area contributed by atoms with Crippen LogP contribution in [0.2, 0.25) is 0 Å². The van der Waals surface area contributed by atoms with Crippen LogP contribution in [0.3, 0.4) is 0 Å². The number of benzene rings is 2. The second-order valence-corrected chi connectivity index (χ2v) is 6.60. The number of hydrogen-bond acceptors (Lipinski definition) is 6. The Labute approximate surface area is 109 Å². The summed E-state index contributed by atoms with van der Waals surface area (Å²) in [6, 6.07) is 5.64. The van der Waals surface area contributed by atoms with Crippen LogP contribution in [0.25, 0.3) is 10.8 Å². The van der Waals surface area contributed by atoms with E-state index in [0.717, 1.165) is 6.07 Å². The molecule has 0 bridgehead atoms. The summed E-state index contributed by atoms with van der Waals surface area (Å²) in [6.07, 6.45) is 0. The van der Waals surface area contributed by atoms with Crippen molar-refractivity contribution in [3.05, 3.63) is 30.3 Å². The molecule has 0 radical (unpaired) electrons. The summed E-state index contributed by atoms with van der Waals surface area (Å²) >= 11 is 0. The Balaban J connectivity index is 3.01. The molecule has 3 N–H and O–H groups in total. The molecule has 0 spiro atoms. The van der Waals surface area contributed by atoms with E-state index in [2.05, 4.69) is 0 Å². The summed E-state index contributed by atoms with van der Waals surface area (Å²) in [7, 11) is -9.53. The molecule has 0 amide bonds. The van der Waals surface area contributed by atoms with Gasteiger partial charge in [-0.15, -0.1) is 0 Å². The van der Waals surface area contributed by atoms with Crippen LogP contribution in [0.4, 0.5) is 5.69 Å². The third-order valence-corrected chi connectivity index (χ3v) is 4.19. The van der Waals surface area contributed by atoms with Crippen LogP contribution < -0.4 is 5.73 Å². The minimum atomic E-state index is -4.89. The molecule has 0 aromatic heterocycles. The molecule has 0 atom stereocenters. The van der Waals surface area contributed by atoms with Crippen LogP contribution in [-0.4, -0.2) is 25.9 Å². The molecule has 0 aliphatic heterocycles. The minimum Gasteiger partial charge on any atom is -0.744 e. The Morgan fingerprint density at radius 3 is 2.21 bits per heavy atom. The Morgan fingerprint density at radius 1 is 1.05 bits per heavy atom. The van der Waals surface area contributed by atoms with E-state index in [-0.39, 0.29) is 16.5 Å². The van der Waals surface area contributed by atoms with E-state index in [9.17, 15) is 21.4 Å². The highest BCUT2D eigenvalue weighted by molar-refractivity contribution is 7.86. The molecule has 0 saturated heterocycles. The minimum absolute atomic E-state index is 0.0385. The van der Waals surface area contributed by atoms with Crippen LogP contribution in [0, 0.1) is 0 Å². The van der Waals surface area contributed by atoms with Crippen molar-refractivity contribution in [2.45, 2.75) is 9.79 Å². The van der Waals surface area contributed by atoms with Gasteiger partial charge >= 0.3 is 0 Å². The zero-order valence-corrected chi connectivity index (χ0v) is 10.9. The van der Waals surface area contributed by atoms with Gasteiger partial charge < -0.3 is 10.3 Å². The summed E-state index contributed by atoms with van der Waals surface area (Å²) < 4.78 is 64.5. The average Bonchev–Trinajstić information content (AvgIpc) is 2.24. The van der Waals surface area contributed by atoms with Crippen molar-refractivity contribution in [3.8, 4) is 0 Å². The van der Waals surface area contributed by atoms with Crippen molar-refractivity contribution in [1.82, 2.24) is 0 Å². The molecule has 2 aromatic carbocycles. The normalized spacial score (nSPS) is 12.7. The fraction of sp³-hybridized carbons (Fsp3) is 0. The van der Waals surface area contributed by atoms with Gasteiger partial charge in [0.1, 0.15) is 10.1 Å². The molecule has 2 rings (SSSR count). The standard InChI is InChI=1S/C10H9NO6S2/c11-7-1-2-9-6(3-7)4-8(18(12,13)14)5-10(9)19(15,16)17/h1-5H,11H2,(H,12,13,14)(H,15,16,17)/p-1. The Kier molecular flexibility index (Phi) is 3.01. The molecule has 0 heterocycles. The zero-order chi connectivity index (χ0) is 14.4. The third kappa shape index (κ3) is 2.68. The van der Waals surface area contributed by atoms with Gasteiger partial charge in [0, 0.05) is 5.69 Å². The van der Waals surface area contributed by atoms with Crippen LogP contribution in [-0.2, 0) is 20.2 Å². The Bertz CT molecular complexity index is 870. The molecule has 7 nitrogen and oxygen atoms in total. The van der Waals surface area contributed by atoms with Crippen LogP contribution >= 0.6 is 0 Å². The van der Waals surface area contributed by atoms with E-state index in [1.165, 1.54) is 18.2 Å². The van der Waals surface area contributed by atoms with Crippen molar-refractivity contribution < 1.29 is 25.9 Å². The maximum absolute atomic E-state index is 11.1. The highest BCUT2D eigenvalue weighted by Gasteiger charge is 2.16. The molecule has 9 heteroatoms. The fourth-order valence-corrected chi connectivity index (χ4v) is 3.03. The van der Waals surface area contributed by atoms with E-state index in [0.29, 0.717) is 6.07 Å². The van der Waals surface area contributed by atoms with Gasteiger partial charge in [-0.25, -0.2) is 8.42 Å². The summed E-state index contributed by atoms with van der Waals surface area (Å²) in [5, 5.41) is 0.168. The van der Waals surface area contributed by atoms with Crippen molar-refractivity contribution in [2.75, 3.05) is 5.73 Å². The lowest BCUT2D eigenvalue weighted by Gasteiger charge is -2.12. The first-order valence-electron chi connectivity index (χ1n) is 4.86. The van der Waals surface area contributed by atoms with E-state index < -0.39 is 30.0 Å². The molecule has 2 aromatic rings. The fourth-order valence-electron chi connectivity index (χ4n) is 1.68. The summed E-state index contributed by atoms with van der Waals surface area (Å²) in [4.78, 5) is -1.40. The predicted octanol–water partition coefficient (Wildman–Crippen LogP) is 0.573. The molecule has 0 unspecified atom stereocenters. The SMILES string of the molecule is Nc1ccc2c(S(=O)(=O)[O-])cc(S(=O)(=O)O)cc2c1. The Hall–Kier alpha value is -1.68. The van der Waals surface area contributed by atoms with Gasteiger partial charge in [-0.2, -0.15) is 8.42 Å². The average molecular weight is 302 g/mol. The Morgan fingerprint density at radius 2 is 1.68 bits per heavy atom. The number of fused-ring (bicyclic) bond motifs is 1. The van der Waals surface area contributed by atoms with Crippen LogP contribution in [0.5, 0.6) is 0 Å². The molecule has 0 aliphatic carbocycles. The molecule has 102 valence electrons. The number of hydrogen-bond donors (Lipinski definition) is 2. The highest BCUT2D eigenvalue weighted by Crippen LogP contribution is 2.28. The lowest BCUT2D eigenvalue weighted by atomic mass is 10.1. The van der Waals surface area contributed by atoms with Crippen molar-refractivity contribution in [2.24, 2.45) is 0 Å². The first-order valence-corrected chi connectivity index (χ1v) is 7.70. The van der Waals surface area contributed by atoms with E-state index in [4.69, 9.17) is 10.3 Å². The summed E-state index contributed by atoms with van der Waals surface area (Å²) in [5.41, 5.74) is 5.76. The van der Waals surface area contributed by atoms with Gasteiger partial charge in [0.2, 0.25) is 0 Å². The van der Waals surface area contributed by atoms with Crippen LogP contribution in [0.1, 0.15) is 0 Å². The van der Waals surface area contributed by atoms with Gasteiger partial charge in [0.25, 0.3) is 10.1 Å². The summed E-state index contributed by atoms with van der Waals surface area (Å²) in [5.74, 6) is 0. The summed E-state index contributed by atoms with van der Waals surface area (Å²) in [6.45, 7) is 0. The maximum Gasteiger partial charge on any atom is 0.294 e. The highest BCUT2D eigenvalue weighted by atomic mass is 32.2. The quantitative estimate of drug-likeness (QED) is 0.611. The van der Waals surface area contributed by atoms with E-state index >= 15 is 0 Å². The monoisotopic (exact) mass is 302 g/mol. The third-order valence-electron chi connectivity index (χ3n) is 2.48. The van der Waals surface area contributed by atoms with Crippen molar-refractivity contribution in [3.63, 3.8) is 0 Å². The molecule has 0 fully saturated rings. The topological polar surface area (TPSA) is 138 Å².